The number of rotatable bonds is 3. The molecular weight excluding hydrogens is 353 g/mol. The summed E-state index contributed by atoms with van der Waals surface area (Å²) in [5.41, 5.74) is 0.441. The minimum Gasteiger partial charge on any atom is -0.505 e. The average molecular weight is 362 g/mol. The summed E-state index contributed by atoms with van der Waals surface area (Å²) in [6.07, 6.45) is 1.40. The molecule has 0 bridgehead atoms. The molecule has 1 aromatic carbocycles. The fourth-order valence-corrected chi connectivity index (χ4v) is 2.99. The predicted octanol–water partition coefficient (Wildman–Crippen LogP) is 2.91. The van der Waals surface area contributed by atoms with Crippen LogP contribution in [0.3, 0.4) is 0 Å². The summed E-state index contributed by atoms with van der Waals surface area (Å²) < 4.78 is 4.43. The highest BCUT2D eigenvalue weighted by Gasteiger charge is 2.36. The van der Waals surface area contributed by atoms with Gasteiger partial charge in [0.15, 0.2) is 5.75 Å². The standard InChI is InChI=1S/C13H9Cl2NO5S/c1-21-10(17)5-16-12(19)9(22-13(16)20)4-6-2-7(14)11(18)8(15)3-6/h2-4,18H,5H2,1H3/b9-4-. The Hall–Kier alpha value is -1.70. The summed E-state index contributed by atoms with van der Waals surface area (Å²) in [4.78, 5) is 35.9. The van der Waals surface area contributed by atoms with Gasteiger partial charge in [-0.3, -0.25) is 19.3 Å². The molecule has 0 radical (unpaired) electrons. The van der Waals surface area contributed by atoms with Gasteiger partial charge in [0, 0.05) is 0 Å². The van der Waals surface area contributed by atoms with Crippen molar-refractivity contribution in [2.45, 2.75) is 0 Å². The maximum absolute atomic E-state index is 12.1. The lowest BCUT2D eigenvalue weighted by atomic mass is 10.2. The normalized spacial score (nSPS) is 16.5. The molecule has 2 amide bonds. The molecular formula is C13H9Cl2NO5S. The number of hydrogen-bond donors (Lipinski definition) is 1. The number of amides is 2. The fourth-order valence-electron chi connectivity index (χ4n) is 1.65. The molecule has 22 heavy (non-hydrogen) atoms. The SMILES string of the molecule is COC(=O)CN1C(=O)S/C(=C\c2cc(Cl)c(O)c(Cl)c2)C1=O. The first-order valence-electron chi connectivity index (χ1n) is 5.83. The summed E-state index contributed by atoms with van der Waals surface area (Å²) >= 11 is 12.3. The maximum Gasteiger partial charge on any atom is 0.325 e. The number of halogens is 2. The van der Waals surface area contributed by atoms with E-state index in [4.69, 9.17) is 23.2 Å². The molecule has 116 valence electrons. The van der Waals surface area contributed by atoms with Crippen LogP contribution >= 0.6 is 35.0 Å². The van der Waals surface area contributed by atoms with Gasteiger partial charge in [-0.05, 0) is 35.5 Å². The van der Waals surface area contributed by atoms with Gasteiger partial charge in [0.2, 0.25) is 0 Å². The molecule has 9 heteroatoms. The Morgan fingerprint density at radius 3 is 2.50 bits per heavy atom. The number of aromatic hydroxyl groups is 1. The monoisotopic (exact) mass is 361 g/mol. The summed E-state index contributed by atoms with van der Waals surface area (Å²) in [5.74, 6) is -1.57. The molecule has 0 aromatic heterocycles. The molecule has 0 unspecified atom stereocenters. The number of carbonyl (C=O) groups excluding carboxylic acids is 3. The molecule has 0 spiro atoms. The number of esters is 1. The Morgan fingerprint density at radius 2 is 1.95 bits per heavy atom. The van der Waals surface area contributed by atoms with E-state index >= 15 is 0 Å². The number of phenols is 1. The molecule has 0 aliphatic carbocycles. The molecule has 1 N–H and O–H groups in total. The van der Waals surface area contributed by atoms with Gasteiger partial charge in [0.25, 0.3) is 11.1 Å². The fraction of sp³-hybridized carbons (Fsp3) is 0.154. The van der Waals surface area contributed by atoms with Crippen LogP contribution in [0.2, 0.25) is 10.0 Å². The number of imide groups is 1. The molecule has 6 nitrogen and oxygen atoms in total. The smallest absolute Gasteiger partial charge is 0.325 e. The molecule has 1 aliphatic heterocycles. The number of benzene rings is 1. The van der Waals surface area contributed by atoms with Crippen molar-refractivity contribution in [1.82, 2.24) is 4.90 Å². The third-order valence-electron chi connectivity index (χ3n) is 2.73. The first-order chi connectivity index (χ1) is 10.3. The zero-order valence-corrected chi connectivity index (χ0v) is 13.5. The summed E-state index contributed by atoms with van der Waals surface area (Å²) in [6, 6.07) is 2.80. The van der Waals surface area contributed by atoms with E-state index in [0.29, 0.717) is 17.3 Å². The Kier molecular flexibility index (Phi) is 5.00. The van der Waals surface area contributed by atoms with E-state index < -0.39 is 23.7 Å². The lowest BCUT2D eigenvalue weighted by Crippen LogP contribution is -2.34. The third kappa shape index (κ3) is 3.37. The lowest BCUT2D eigenvalue weighted by molar-refractivity contribution is -0.143. The van der Waals surface area contributed by atoms with E-state index in [9.17, 15) is 19.5 Å². The van der Waals surface area contributed by atoms with Crippen LogP contribution in [-0.4, -0.2) is 40.8 Å². The number of phenolic OH excluding ortho intramolecular Hbond substituents is 1. The van der Waals surface area contributed by atoms with Crippen molar-refractivity contribution in [3.8, 4) is 5.75 Å². The summed E-state index contributed by atoms with van der Waals surface area (Å²) in [7, 11) is 1.16. The van der Waals surface area contributed by atoms with Crippen molar-refractivity contribution >= 4 is 58.2 Å². The minimum absolute atomic E-state index is 0.0209. The van der Waals surface area contributed by atoms with E-state index in [1.54, 1.807) is 0 Å². The number of thioether (sulfide) groups is 1. The Bertz CT molecular complexity index is 681. The van der Waals surface area contributed by atoms with Gasteiger partial charge < -0.3 is 9.84 Å². The first-order valence-corrected chi connectivity index (χ1v) is 7.41. The average Bonchev–Trinajstić information content (AvgIpc) is 2.72. The molecule has 1 aliphatic rings. The van der Waals surface area contributed by atoms with Crippen LogP contribution in [0.4, 0.5) is 4.79 Å². The second-order valence-corrected chi connectivity index (χ2v) is 5.98. The maximum atomic E-state index is 12.1. The second kappa shape index (κ2) is 6.60. The summed E-state index contributed by atoms with van der Waals surface area (Å²) in [5, 5.41) is 8.95. The van der Waals surface area contributed by atoms with Crippen LogP contribution < -0.4 is 0 Å². The van der Waals surface area contributed by atoms with Gasteiger partial charge in [-0.15, -0.1) is 0 Å². The van der Waals surface area contributed by atoms with Crippen LogP contribution in [0, 0.1) is 0 Å². The van der Waals surface area contributed by atoms with E-state index in [1.165, 1.54) is 18.2 Å². The molecule has 1 aromatic rings. The molecule has 1 heterocycles. The van der Waals surface area contributed by atoms with Crippen LogP contribution in [0.25, 0.3) is 6.08 Å². The third-order valence-corrected chi connectivity index (χ3v) is 4.21. The van der Waals surface area contributed by atoms with Crippen LogP contribution in [-0.2, 0) is 14.3 Å². The number of carbonyl (C=O) groups is 3. The molecule has 0 saturated carbocycles. The van der Waals surface area contributed by atoms with Gasteiger partial charge in [0.05, 0.1) is 22.1 Å². The van der Waals surface area contributed by atoms with Crippen LogP contribution in [0.15, 0.2) is 17.0 Å². The quantitative estimate of drug-likeness (QED) is 0.658. The Balaban J connectivity index is 2.28. The van der Waals surface area contributed by atoms with Gasteiger partial charge in [-0.1, -0.05) is 23.2 Å². The number of ether oxygens (including phenoxy) is 1. The largest absolute Gasteiger partial charge is 0.505 e. The molecule has 0 atom stereocenters. The van der Waals surface area contributed by atoms with Gasteiger partial charge in [-0.25, -0.2) is 0 Å². The Morgan fingerprint density at radius 1 is 1.36 bits per heavy atom. The lowest BCUT2D eigenvalue weighted by Gasteiger charge is -2.09. The molecule has 1 saturated heterocycles. The number of methoxy groups -OCH3 is 1. The highest BCUT2D eigenvalue weighted by Crippen LogP contribution is 2.36. The minimum atomic E-state index is -0.695. The first kappa shape index (κ1) is 16.7. The van der Waals surface area contributed by atoms with Crippen molar-refractivity contribution in [3.63, 3.8) is 0 Å². The molecule has 1 fully saturated rings. The zero-order valence-electron chi connectivity index (χ0n) is 11.1. The van der Waals surface area contributed by atoms with E-state index in [2.05, 4.69) is 4.74 Å². The van der Waals surface area contributed by atoms with Crippen molar-refractivity contribution in [2.75, 3.05) is 13.7 Å². The van der Waals surface area contributed by atoms with E-state index in [1.807, 2.05) is 0 Å². The highest BCUT2D eigenvalue weighted by atomic mass is 35.5. The Labute approximate surface area is 139 Å². The second-order valence-electron chi connectivity index (χ2n) is 4.18. The van der Waals surface area contributed by atoms with Crippen molar-refractivity contribution < 1.29 is 24.2 Å². The van der Waals surface area contributed by atoms with Crippen LogP contribution in [0.1, 0.15) is 5.56 Å². The number of hydrogen-bond acceptors (Lipinski definition) is 6. The highest BCUT2D eigenvalue weighted by molar-refractivity contribution is 8.18. The van der Waals surface area contributed by atoms with Gasteiger partial charge >= 0.3 is 5.97 Å². The summed E-state index contributed by atoms with van der Waals surface area (Å²) in [6.45, 7) is -0.449. The number of nitrogens with zero attached hydrogens (tertiary/aromatic N) is 1. The van der Waals surface area contributed by atoms with Gasteiger partial charge in [0.1, 0.15) is 6.54 Å². The van der Waals surface area contributed by atoms with Gasteiger partial charge in [-0.2, -0.15) is 0 Å². The van der Waals surface area contributed by atoms with Crippen LogP contribution in [0.5, 0.6) is 5.75 Å². The van der Waals surface area contributed by atoms with E-state index in [-0.39, 0.29) is 20.7 Å². The predicted molar refractivity (Wildman–Crippen MR) is 82.8 cm³/mol. The topological polar surface area (TPSA) is 83.9 Å². The van der Waals surface area contributed by atoms with Crippen molar-refractivity contribution in [3.05, 3.63) is 32.6 Å². The van der Waals surface area contributed by atoms with Crippen molar-refractivity contribution in [2.24, 2.45) is 0 Å². The zero-order chi connectivity index (χ0) is 16.4. The van der Waals surface area contributed by atoms with Crippen molar-refractivity contribution in [1.29, 1.82) is 0 Å². The van der Waals surface area contributed by atoms with E-state index in [0.717, 1.165) is 12.0 Å². The molecule has 2 rings (SSSR count).